The molecule has 0 saturated carbocycles. The number of hydrogen-bond acceptors (Lipinski definition) is 3. The van der Waals surface area contributed by atoms with E-state index < -0.39 is 0 Å². The van der Waals surface area contributed by atoms with E-state index in [4.69, 9.17) is 4.42 Å². The van der Waals surface area contributed by atoms with E-state index in [0.29, 0.717) is 23.7 Å². The highest BCUT2D eigenvalue weighted by molar-refractivity contribution is 6.08. The van der Waals surface area contributed by atoms with Crippen LogP contribution in [0.3, 0.4) is 0 Å². The zero-order valence-electron chi connectivity index (χ0n) is 13.0. The summed E-state index contributed by atoms with van der Waals surface area (Å²) in [5.41, 5.74) is 1.64. The lowest BCUT2D eigenvalue weighted by atomic mass is 10.1. The van der Waals surface area contributed by atoms with Crippen LogP contribution in [0.5, 0.6) is 0 Å². The molecular weight excluding hydrogens is 280 g/mol. The molecule has 0 aliphatic rings. The number of hydrogen-bond donors (Lipinski definition) is 2. The molecule has 2 rings (SSSR count). The second-order valence-corrected chi connectivity index (χ2v) is 5.54. The molecule has 0 unspecified atom stereocenters. The molecule has 2 amide bonds. The van der Waals surface area contributed by atoms with E-state index in [1.54, 1.807) is 37.3 Å². The first kappa shape index (κ1) is 15.8. The van der Waals surface area contributed by atoms with Gasteiger partial charge in [-0.2, -0.15) is 0 Å². The van der Waals surface area contributed by atoms with Gasteiger partial charge in [0.2, 0.25) is 0 Å². The van der Waals surface area contributed by atoms with E-state index in [9.17, 15) is 9.59 Å². The van der Waals surface area contributed by atoms with Crippen molar-refractivity contribution >= 4 is 17.5 Å². The summed E-state index contributed by atoms with van der Waals surface area (Å²) in [7, 11) is 0. The van der Waals surface area contributed by atoms with Crippen LogP contribution in [0.15, 0.2) is 41.0 Å². The number of anilines is 1. The van der Waals surface area contributed by atoms with Gasteiger partial charge in [-0.05, 0) is 31.0 Å². The molecule has 0 bridgehead atoms. The molecule has 0 spiro atoms. The maximum Gasteiger partial charge on any atom is 0.291 e. The Kier molecular flexibility index (Phi) is 4.99. The number of carbonyl (C=O) groups is 2. The maximum atomic E-state index is 12.2. The van der Waals surface area contributed by atoms with Crippen molar-refractivity contribution < 1.29 is 14.0 Å². The van der Waals surface area contributed by atoms with E-state index >= 15 is 0 Å². The average Bonchev–Trinajstić information content (AvgIpc) is 2.91. The minimum atomic E-state index is -0.369. The third-order valence-corrected chi connectivity index (χ3v) is 3.16. The molecule has 0 aliphatic heterocycles. The van der Waals surface area contributed by atoms with Gasteiger partial charge in [0.1, 0.15) is 0 Å². The van der Waals surface area contributed by atoms with Crippen molar-refractivity contribution in [2.24, 2.45) is 5.92 Å². The van der Waals surface area contributed by atoms with Gasteiger partial charge >= 0.3 is 0 Å². The third-order valence-electron chi connectivity index (χ3n) is 3.16. The predicted octanol–water partition coefficient (Wildman–Crippen LogP) is 3.23. The van der Waals surface area contributed by atoms with Gasteiger partial charge in [-0.25, -0.2) is 0 Å². The summed E-state index contributed by atoms with van der Waals surface area (Å²) in [6, 6.07) is 8.62. The standard InChI is InChI=1S/C17H20N2O3/c1-11(2)10-18-16(20)13-6-4-5-7-14(13)19-17(21)15-12(3)8-9-22-15/h4-9,11H,10H2,1-3H3,(H,18,20)(H,19,21). The van der Waals surface area contributed by atoms with Gasteiger partial charge in [-0.1, -0.05) is 26.0 Å². The molecule has 116 valence electrons. The Hall–Kier alpha value is -2.56. The number of amides is 2. The summed E-state index contributed by atoms with van der Waals surface area (Å²) >= 11 is 0. The van der Waals surface area contributed by atoms with Crippen LogP contribution < -0.4 is 10.6 Å². The van der Waals surface area contributed by atoms with Crippen molar-refractivity contribution in [3.05, 3.63) is 53.5 Å². The van der Waals surface area contributed by atoms with E-state index in [0.717, 1.165) is 5.56 Å². The van der Waals surface area contributed by atoms with Crippen molar-refractivity contribution in [2.45, 2.75) is 20.8 Å². The molecule has 1 aromatic carbocycles. The third kappa shape index (κ3) is 3.75. The quantitative estimate of drug-likeness (QED) is 0.890. The molecule has 0 atom stereocenters. The molecule has 1 heterocycles. The lowest BCUT2D eigenvalue weighted by molar-refractivity contribution is 0.0950. The molecule has 0 fully saturated rings. The lowest BCUT2D eigenvalue weighted by Crippen LogP contribution is -2.28. The molecule has 2 aromatic rings. The second kappa shape index (κ2) is 6.93. The van der Waals surface area contributed by atoms with Crippen molar-refractivity contribution in [3.63, 3.8) is 0 Å². The van der Waals surface area contributed by atoms with Crippen LogP contribution in [0.2, 0.25) is 0 Å². The molecule has 0 radical (unpaired) electrons. The van der Waals surface area contributed by atoms with Crippen molar-refractivity contribution in [2.75, 3.05) is 11.9 Å². The Bertz CT molecular complexity index is 674. The van der Waals surface area contributed by atoms with E-state index in [-0.39, 0.29) is 17.6 Å². The molecule has 2 N–H and O–H groups in total. The minimum Gasteiger partial charge on any atom is -0.459 e. The van der Waals surface area contributed by atoms with E-state index in [2.05, 4.69) is 10.6 Å². The van der Waals surface area contributed by atoms with Crippen LogP contribution in [0.1, 0.15) is 40.3 Å². The normalized spacial score (nSPS) is 10.5. The summed E-state index contributed by atoms with van der Waals surface area (Å²) < 4.78 is 5.16. The second-order valence-electron chi connectivity index (χ2n) is 5.54. The van der Waals surface area contributed by atoms with E-state index in [1.165, 1.54) is 6.26 Å². The average molecular weight is 300 g/mol. The van der Waals surface area contributed by atoms with Gasteiger partial charge in [-0.15, -0.1) is 0 Å². The molecule has 5 heteroatoms. The number of aryl methyl sites for hydroxylation is 1. The summed E-state index contributed by atoms with van der Waals surface area (Å²) in [6.45, 7) is 6.42. The first-order valence-corrected chi connectivity index (χ1v) is 7.21. The minimum absolute atomic E-state index is 0.208. The van der Waals surface area contributed by atoms with Crippen molar-refractivity contribution in [1.82, 2.24) is 5.32 Å². The van der Waals surface area contributed by atoms with Crippen LogP contribution in [0.4, 0.5) is 5.69 Å². The Morgan fingerprint density at radius 3 is 2.50 bits per heavy atom. The fourth-order valence-electron chi connectivity index (χ4n) is 1.97. The van der Waals surface area contributed by atoms with Crippen LogP contribution in [-0.2, 0) is 0 Å². The lowest BCUT2D eigenvalue weighted by Gasteiger charge is -2.12. The number of rotatable bonds is 5. The van der Waals surface area contributed by atoms with Gasteiger partial charge in [0.05, 0.1) is 17.5 Å². The first-order valence-electron chi connectivity index (χ1n) is 7.21. The Balaban J connectivity index is 2.16. The number of carbonyl (C=O) groups excluding carboxylic acids is 2. The molecule has 1 aromatic heterocycles. The highest BCUT2D eigenvalue weighted by Gasteiger charge is 2.17. The summed E-state index contributed by atoms with van der Waals surface area (Å²) in [6.07, 6.45) is 1.46. The van der Waals surface area contributed by atoms with Crippen LogP contribution in [-0.4, -0.2) is 18.4 Å². The molecule has 22 heavy (non-hydrogen) atoms. The Labute approximate surface area is 129 Å². The number of nitrogens with one attached hydrogen (secondary N) is 2. The number of furan rings is 1. The summed E-state index contributed by atoms with van der Waals surface area (Å²) in [5, 5.41) is 5.57. The first-order chi connectivity index (χ1) is 10.5. The largest absolute Gasteiger partial charge is 0.459 e. The Morgan fingerprint density at radius 2 is 1.86 bits per heavy atom. The van der Waals surface area contributed by atoms with E-state index in [1.807, 2.05) is 13.8 Å². The van der Waals surface area contributed by atoms with Crippen LogP contribution in [0.25, 0.3) is 0 Å². The van der Waals surface area contributed by atoms with Gasteiger partial charge in [0, 0.05) is 12.1 Å². The van der Waals surface area contributed by atoms with Crippen LogP contribution >= 0.6 is 0 Å². The fraction of sp³-hybridized carbons (Fsp3) is 0.294. The fourth-order valence-corrected chi connectivity index (χ4v) is 1.97. The van der Waals surface area contributed by atoms with Gasteiger partial charge in [-0.3, -0.25) is 9.59 Å². The topological polar surface area (TPSA) is 71.3 Å². The van der Waals surface area contributed by atoms with Gasteiger partial charge in [0.25, 0.3) is 11.8 Å². The predicted molar refractivity (Wildman–Crippen MR) is 85.0 cm³/mol. The number of benzene rings is 1. The summed E-state index contributed by atoms with van der Waals surface area (Å²) in [4.78, 5) is 24.4. The summed E-state index contributed by atoms with van der Waals surface area (Å²) in [5.74, 6) is 0.0289. The maximum absolute atomic E-state index is 12.2. The zero-order valence-corrected chi connectivity index (χ0v) is 13.0. The number of para-hydroxylation sites is 1. The van der Waals surface area contributed by atoms with Crippen LogP contribution in [0, 0.1) is 12.8 Å². The monoisotopic (exact) mass is 300 g/mol. The molecular formula is C17H20N2O3. The zero-order chi connectivity index (χ0) is 16.1. The highest BCUT2D eigenvalue weighted by Crippen LogP contribution is 2.18. The molecule has 0 aliphatic carbocycles. The molecule has 0 saturated heterocycles. The van der Waals surface area contributed by atoms with Gasteiger partial charge in [0.15, 0.2) is 5.76 Å². The smallest absolute Gasteiger partial charge is 0.291 e. The van der Waals surface area contributed by atoms with Crippen molar-refractivity contribution in [3.8, 4) is 0 Å². The van der Waals surface area contributed by atoms with Crippen molar-refractivity contribution in [1.29, 1.82) is 0 Å². The Morgan fingerprint density at radius 1 is 1.14 bits per heavy atom. The van der Waals surface area contributed by atoms with Gasteiger partial charge < -0.3 is 15.1 Å². The SMILES string of the molecule is Cc1ccoc1C(=O)Nc1ccccc1C(=O)NCC(C)C. The molecule has 5 nitrogen and oxygen atoms in total. The highest BCUT2D eigenvalue weighted by atomic mass is 16.3.